The Morgan fingerprint density at radius 2 is 1.35 bits per heavy atom. The van der Waals surface area contributed by atoms with Crippen LogP contribution in [-0.4, -0.2) is 181 Å². The van der Waals surface area contributed by atoms with E-state index in [2.05, 4.69) is 37.2 Å². The van der Waals surface area contributed by atoms with E-state index in [1.54, 1.807) is 0 Å². The molecule has 312 valence electrons. The summed E-state index contributed by atoms with van der Waals surface area (Å²) in [5.41, 5.74) is 0. The van der Waals surface area contributed by atoms with Crippen molar-refractivity contribution in [3.8, 4) is 0 Å². The predicted octanol–water partition coefficient (Wildman–Crippen LogP) is -7.31. The van der Waals surface area contributed by atoms with Gasteiger partial charge in [0.05, 0.1) is 19.3 Å². The standard InChI is InChI=1S/C30H51N9O16/c1-14(42)32-22-23(45)29(51)31-9-8-18(34-28(22)50)25(47)37-20(12-40)26(48)33-17(6-4-10-38(54)15(2)43)24(46)36-21(13-41)27(49)35-19(30(52)53)7-5-11-39(55)16(3)44/h17-24,36,40-41,45-46,54-55H,4-13H2,1-3H3,(H,31,51)(H,32,42)(H,33,48)(H,34,50)(H,35,49)(H,37,47)(H,52,53)/t17-,18+,19+,20-,21+,22-,23-,24?/m1/s1. The average Bonchev–Trinajstić information content (AvgIpc) is 3.16. The summed E-state index contributed by atoms with van der Waals surface area (Å²) in [6.45, 7) is 0.266. The zero-order valence-corrected chi connectivity index (χ0v) is 30.4. The minimum Gasteiger partial charge on any atom is -0.480 e. The monoisotopic (exact) mass is 793 g/mol. The van der Waals surface area contributed by atoms with E-state index in [4.69, 9.17) is 0 Å². The van der Waals surface area contributed by atoms with Gasteiger partial charge in [-0.15, -0.1) is 0 Å². The molecular weight excluding hydrogens is 742 g/mol. The molecule has 0 aromatic carbocycles. The van der Waals surface area contributed by atoms with E-state index in [9.17, 15) is 79.1 Å². The molecule has 0 bridgehead atoms. The first-order valence-corrected chi connectivity index (χ1v) is 17.0. The summed E-state index contributed by atoms with van der Waals surface area (Å²) in [6, 6.07) is -9.74. The number of aliphatic carboxylic acids is 1. The van der Waals surface area contributed by atoms with Gasteiger partial charge in [0.1, 0.15) is 36.4 Å². The zero-order valence-electron chi connectivity index (χ0n) is 30.4. The predicted molar refractivity (Wildman–Crippen MR) is 181 cm³/mol. The summed E-state index contributed by atoms with van der Waals surface area (Å²) in [5.74, 6) is -9.17. The van der Waals surface area contributed by atoms with Gasteiger partial charge in [0, 0.05) is 40.4 Å². The van der Waals surface area contributed by atoms with E-state index in [0.717, 1.165) is 20.8 Å². The molecule has 1 aliphatic rings. The van der Waals surface area contributed by atoms with Crippen LogP contribution in [0.1, 0.15) is 52.9 Å². The third-order valence-electron chi connectivity index (χ3n) is 8.08. The number of hydrogen-bond acceptors (Lipinski definition) is 16. The molecule has 1 heterocycles. The number of nitrogens with one attached hydrogen (secondary N) is 7. The highest BCUT2D eigenvalue weighted by molar-refractivity contribution is 5.98. The van der Waals surface area contributed by atoms with Gasteiger partial charge in [0.2, 0.25) is 41.4 Å². The molecule has 14 N–H and O–H groups in total. The fraction of sp³-hybridized carbons (Fsp3) is 0.700. The number of carboxylic acid groups (broad SMARTS) is 1. The fourth-order valence-electron chi connectivity index (χ4n) is 4.98. The molecule has 0 radical (unpaired) electrons. The van der Waals surface area contributed by atoms with Crippen LogP contribution < -0.4 is 37.2 Å². The SMILES string of the molecule is CC(=O)N[C@H]1C(=O)N[C@H](C(=O)N[C@H](CO)C(=O)N[C@H](CCCN(O)C(C)=O)C(O)N[C@@H](CO)C(=O)N[C@@H](CCCN(O)C(C)=O)C(=O)O)CCNC(=O)[C@@H]1O. The molecule has 0 saturated carbocycles. The van der Waals surface area contributed by atoms with Gasteiger partial charge in [-0.25, -0.2) is 14.9 Å². The maximum atomic E-state index is 13.3. The lowest BCUT2D eigenvalue weighted by Crippen LogP contribution is -2.62. The van der Waals surface area contributed by atoms with Gasteiger partial charge in [-0.1, -0.05) is 0 Å². The molecule has 1 fully saturated rings. The maximum Gasteiger partial charge on any atom is 0.326 e. The molecule has 8 atom stereocenters. The number of carboxylic acids is 1. The van der Waals surface area contributed by atoms with Crippen LogP contribution >= 0.6 is 0 Å². The molecule has 25 nitrogen and oxygen atoms in total. The van der Waals surface area contributed by atoms with Gasteiger partial charge in [-0.3, -0.25) is 54.1 Å². The lowest BCUT2D eigenvalue weighted by molar-refractivity contribution is -0.163. The summed E-state index contributed by atoms with van der Waals surface area (Å²) in [7, 11) is 0. The van der Waals surface area contributed by atoms with Crippen molar-refractivity contribution in [2.75, 3.05) is 32.8 Å². The molecule has 0 aliphatic carbocycles. The van der Waals surface area contributed by atoms with Gasteiger partial charge in [-0.2, -0.15) is 0 Å². The second-order valence-electron chi connectivity index (χ2n) is 12.4. The minimum absolute atomic E-state index is 0.0592. The number of nitrogens with zero attached hydrogens (tertiary/aromatic N) is 2. The van der Waals surface area contributed by atoms with Crippen LogP contribution in [0.15, 0.2) is 0 Å². The van der Waals surface area contributed by atoms with Crippen LogP contribution in [0.25, 0.3) is 0 Å². The topological polar surface area (TPSA) is 386 Å². The Morgan fingerprint density at radius 3 is 1.85 bits per heavy atom. The van der Waals surface area contributed by atoms with Gasteiger partial charge < -0.3 is 57.4 Å². The lowest BCUT2D eigenvalue weighted by Gasteiger charge is -2.30. The number of carbonyl (C=O) groups is 9. The van der Waals surface area contributed by atoms with Crippen molar-refractivity contribution in [2.45, 2.75) is 101 Å². The quantitative estimate of drug-likeness (QED) is 0.0292. The lowest BCUT2D eigenvalue weighted by atomic mass is 10.1. The van der Waals surface area contributed by atoms with E-state index >= 15 is 0 Å². The Morgan fingerprint density at radius 1 is 0.800 bits per heavy atom. The number of aliphatic hydroxyl groups is 4. The summed E-state index contributed by atoms with van der Waals surface area (Å²) >= 11 is 0. The Bertz CT molecular complexity index is 1390. The first-order valence-electron chi connectivity index (χ1n) is 17.0. The number of amides is 8. The highest BCUT2D eigenvalue weighted by Crippen LogP contribution is 2.08. The number of carbonyl (C=O) groups excluding carboxylic acids is 8. The molecular formula is C30H51N9O16. The summed E-state index contributed by atoms with van der Waals surface area (Å²) < 4.78 is 0. The minimum atomic E-state index is -2.01. The van der Waals surface area contributed by atoms with Crippen molar-refractivity contribution >= 4 is 53.2 Å². The molecule has 0 spiro atoms. The van der Waals surface area contributed by atoms with Crippen molar-refractivity contribution < 1.29 is 79.1 Å². The molecule has 25 heteroatoms. The molecule has 1 unspecified atom stereocenters. The molecule has 0 aromatic rings. The van der Waals surface area contributed by atoms with Crippen molar-refractivity contribution in [1.29, 1.82) is 0 Å². The third-order valence-corrected chi connectivity index (χ3v) is 8.08. The molecule has 1 saturated heterocycles. The second-order valence-corrected chi connectivity index (χ2v) is 12.4. The number of rotatable bonds is 21. The largest absolute Gasteiger partial charge is 0.480 e. The van der Waals surface area contributed by atoms with Gasteiger partial charge >= 0.3 is 5.97 Å². The van der Waals surface area contributed by atoms with E-state index < -0.39 is 115 Å². The smallest absolute Gasteiger partial charge is 0.326 e. The highest BCUT2D eigenvalue weighted by atomic mass is 16.5. The van der Waals surface area contributed by atoms with Gasteiger partial charge in [-0.05, 0) is 32.1 Å². The number of hydroxylamine groups is 4. The van der Waals surface area contributed by atoms with Gasteiger partial charge in [0.25, 0.3) is 5.91 Å². The van der Waals surface area contributed by atoms with Crippen molar-refractivity contribution in [3.05, 3.63) is 0 Å². The first-order chi connectivity index (χ1) is 25.7. The van der Waals surface area contributed by atoms with Crippen LogP contribution in [0.2, 0.25) is 0 Å². The van der Waals surface area contributed by atoms with Crippen LogP contribution in [0.4, 0.5) is 0 Å². The Balaban J connectivity index is 3.14. The van der Waals surface area contributed by atoms with Crippen LogP contribution in [0, 0.1) is 0 Å². The molecule has 55 heavy (non-hydrogen) atoms. The van der Waals surface area contributed by atoms with Crippen LogP contribution in [0.5, 0.6) is 0 Å². The normalized spacial score (nSPS) is 19.9. The number of hydrogen-bond donors (Lipinski definition) is 14. The van der Waals surface area contributed by atoms with Crippen molar-refractivity contribution in [1.82, 2.24) is 47.3 Å². The fourth-order valence-corrected chi connectivity index (χ4v) is 4.98. The summed E-state index contributed by atoms with van der Waals surface area (Å²) in [5, 5.41) is 86.3. The Labute approximate surface area is 314 Å². The van der Waals surface area contributed by atoms with Crippen LogP contribution in [-0.2, 0) is 43.2 Å². The third kappa shape index (κ3) is 16.5. The van der Waals surface area contributed by atoms with E-state index in [-0.39, 0.29) is 51.7 Å². The molecule has 8 amide bonds. The summed E-state index contributed by atoms with van der Waals surface area (Å²) in [6.07, 6.45) is -4.89. The summed E-state index contributed by atoms with van der Waals surface area (Å²) in [4.78, 5) is 110. The molecule has 1 aliphatic heterocycles. The molecule has 1 rings (SSSR count). The van der Waals surface area contributed by atoms with Gasteiger partial charge in [0.15, 0.2) is 6.10 Å². The Hall–Kier alpha value is -5.05. The second kappa shape index (κ2) is 23.7. The molecule has 0 aromatic heterocycles. The van der Waals surface area contributed by atoms with Crippen molar-refractivity contribution in [2.24, 2.45) is 0 Å². The Kier molecular flexibility index (Phi) is 20.6. The first kappa shape index (κ1) is 48.0. The number of aliphatic hydroxyl groups excluding tert-OH is 4. The maximum absolute atomic E-state index is 13.3. The average molecular weight is 794 g/mol. The van der Waals surface area contributed by atoms with E-state index in [1.165, 1.54) is 0 Å². The highest BCUT2D eigenvalue weighted by Gasteiger charge is 2.38. The van der Waals surface area contributed by atoms with E-state index in [1.807, 2.05) is 0 Å². The van der Waals surface area contributed by atoms with Crippen molar-refractivity contribution in [3.63, 3.8) is 0 Å². The van der Waals surface area contributed by atoms with Crippen LogP contribution in [0.3, 0.4) is 0 Å². The van der Waals surface area contributed by atoms with E-state index in [0.29, 0.717) is 10.1 Å². The zero-order chi connectivity index (χ0) is 42.0.